The molecule has 6 rings (SSSR count). The lowest BCUT2D eigenvalue weighted by molar-refractivity contribution is 0.413. The van der Waals surface area contributed by atoms with Gasteiger partial charge in [-0.1, -0.05) is 18.2 Å². The lowest BCUT2D eigenvalue weighted by Crippen LogP contribution is -2.29. The predicted octanol–water partition coefficient (Wildman–Crippen LogP) is 4.77. The second-order valence-corrected chi connectivity index (χ2v) is 10.6. The Morgan fingerprint density at radius 1 is 1.12 bits per heavy atom. The number of hydrogen-bond donors (Lipinski definition) is 3. The summed E-state index contributed by atoms with van der Waals surface area (Å²) in [6.07, 6.45) is 9.96. The largest absolute Gasteiger partial charge is 0.494 e. The van der Waals surface area contributed by atoms with Gasteiger partial charge in [-0.15, -0.1) is 0 Å². The summed E-state index contributed by atoms with van der Waals surface area (Å²) in [5, 5.41) is 11.7. The van der Waals surface area contributed by atoms with Crippen LogP contribution < -0.4 is 20.7 Å². The van der Waals surface area contributed by atoms with Gasteiger partial charge in [0.1, 0.15) is 5.75 Å². The molecule has 10 heteroatoms. The fraction of sp³-hybridized carbons (Fsp3) is 0.300. The molecule has 1 aliphatic rings. The zero-order chi connectivity index (χ0) is 27.8. The number of aromatic nitrogens is 5. The van der Waals surface area contributed by atoms with Gasteiger partial charge in [0, 0.05) is 73.4 Å². The summed E-state index contributed by atoms with van der Waals surface area (Å²) in [6, 6.07) is 10.4. The minimum absolute atomic E-state index is 0.459. The molecule has 0 unspecified atom stereocenters. The number of methoxy groups -OCH3 is 1. The van der Waals surface area contributed by atoms with E-state index in [9.17, 15) is 0 Å². The summed E-state index contributed by atoms with van der Waals surface area (Å²) in [7, 11) is 7.80. The van der Waals surface area contributed by atoms with E-state index in [2.05, 4.69) is 73.4 Å². The number of H-pyrrole nitrogens is 1. The molecule has 0 bridgehead atoms. The Kier molecular flexibility index (Phi) is 6.77. The van der Waals surface area contributed by atoms with Crippen molar-refractivity contribution in [1.82, 2.24) is 29.6 Å². The van der Waals surface area contributed by atoms with Crippen LogP contribution in [0.15, 0.2) is 55.1 Å². The number of likely N-dealkylation sites (N-methyl/N-ethyl adjacent to an activating group) is 2. The van der Waals surface area contributed by atoms with Crippen LogP contribution >= 0.6 is 0 Å². The highest BCUT2D eigenvalue weighted by molar-refractivity contribution is 6.00. The molecule has 4 N–H and O–H groups in total. The summed E-state index contributed by atoms with van der Waals surface area (Å²) in [5.41, 5.74) is 15.2. The minimum atomic E-state index is 0.459. The van der Waals surface area contributed by atoms with Gasteiger partial charge in [-0.2, -0.15) is 5.10 Å². The van der Waals surface area contributed by atoms with E-state index in [-0.39, 0.29) is 0 Å². The number of nitrogens with zero attached hydrogens (tertiary/aromatic N) is 6. The van der Waals surface area contributed by atoms with Gasteiger partial charge in [-0.3, -0.25) is 5.10 Å². The summed E-state index contributed by atoms with van der Waals surface area (Å²) >= 11 is 0. The molecule has 1 aliphatic heterocycles. The van der Waals surface area contributed by atoms with Crippen molar-refractivity contribution < 1.29 is 4.74 Å². The lowest BCUT2D eigenvalue weighted by Gasteiger charge is -2.24. The zero-order valence-corrected chi connectivity index (χ0v) is 23.4. The normalized spacial score (nSPS) is 12.7. The maximum atomic E-state index is 6.51. The van der Waals surface area contributed by atoms with E-state index in [4.69, 9.17) is 15.5 Å². The zero-order valence-electron chi connectivity index (χ0n) is 23.4. The maximum absolute atomic E-state index is 6.51. The van der Waals surface area contributed by atoms with Crippen molar-refractivity contribution in [3.05, 3.63) is 60.7 Å². The number of nitrogen functional groups attached to an aromatic ring is 1. The number of para-hydroxylation sites is 1. The van der Waals surface area contributed by atoms with Crippen molar-refractivity contribution in [2.24, 2.45) is 0 Å². The summed E-state index contributed by atoms with van der Waals surface area (Å²) in [4.78, 5) is 14.0. The number of aryl methyl sites for hydroxylation is 2. The van der Waals surface area contributed by atoms with E-state index in [0.29, 0.717) is 23.1 Å². The average molecular weight is 538 g/mol. The first-order chi connectivity index (χ1) is 19.4. The smallest absolute Gasteiger partial charge is 0.227 e. The highest BCUT2D eigenvalue weighted by Gasteiger charge is 2.22. The highest BCUT2D eigenvalue weighted by atomic mass is 16.5. The number of anilines is 4. The molecule has 0 aliphatic carbocycles. The molecular weight excluding hydrogens is 502 g/mol. The maximum Gasteiger partial charge on any atom is 0.227 e. The Hall–Kier alpha value is -4.57. The molecule has 5 aromatic rings. The fourth-order valence-corrected chi connectivity index (χ4v) is 5.48. The third kappa shape index (κ3) is 4.71. The number of ether oxygens (including phenoxy) is 1. The second kappa shape index (κ2) is 10.5. The van der Waals surface area contributed by atoms with Crippen LogP contribution in [0, 0.1) is 0 Å². The van der Waals surface area contributed by atoms with E-state index in [1.54, 1.807) is 13.3 Å². The summed E-state index contributed by atoms with van der Waals surface area (Å²) < 4.78 is 8.11. The molecule has 10 nitrogen and oxygen atoms in total. The monoisotopic (exact) mass is 537 g/mol. The molecule has 0 spiro atoms. The van der Waals surface area contributed by atoms with E-state index < -0.39 is 0 Å². The van der Waals surface area contributed by atoms with E-state index in [0.717, 1.165) is 60.5 Å². The number of aromatic amines is 1. The van der Waals surface area contributed by atoms with Crippen molar-refractivity contribution in [2.75, 3.05) is 57.3 Å². The second-order valence-electron chi connectivity index (χ2n) is 10.6. The minimum Gasteiger partial charge on any atom is -0.494 e. The Morgan fingerprint density at radius 2 is 2.00 bits per heavy atom. The molecule has 4 heterocycles. The lowest BCUT2D eigenvalue weighted by atomic mass is 9.99. The average Bonchev–Trinajstić information content (AvgIpc) is 3.62. The van der Waals surface area contributed by atoms with Crippen LogP contribution in [0.3, 0.4) is 0 Å². The molecule has 3 aromatic heterocycles. The van der Waals surface area contributed by atoms with Crippen LogP contribution in [0.1, 0.15) is 12.0 Å². The van der Waals surface area contributed by atoms with Gasteiger partial charge in [0.15, 0.2) is 0 Å². The van der Waals surface area contributed by atoms with Crippen LogP contribution in [0.25, 0.3) is 33.3 Å². The molecule has 0 amide bonds. The topological polar surface area (TPSA) is 113 Å². The van der Waals surface area contributed by atoms with Gasteiger partial charge >= 0.3 is 0 Å². The van der Waals surface area contributed by atoms with Crippen molar-refractivity contribution in [3.8, 4) is 28.1 Å². The SMILES string of the molecule is COc1cc(N(C)CCN(C)C)c(N)cc1Nc1ncc(-c2cn[nH]c2)c(-c2cn3c4c(cccc24)CCC3)n1. The number of hydrogen-bond acceptors (Lipinski definition) is 8. The van der Waals surface area contributed by atoms with Gasteiger partial charge in [0.2, 0.25) is 5.95 Å². The number of rotatable bonds is 9. The van der Waals surface area contributed by atoms with Crippen LogP contribution in [0.2, 0.25) is 0 Å². The third-order valence-corrected chi connectivity index (χ3v) is 7.57. The highest BCUT2D eigenvalue weighted by Crippen LogP contribution is 2.40. The standard InChI is InChI=1S/C30H35N9O/c1-37(2)11-12-38(3)26-14-27(40-4)25(13-24(26)31)35-30-32-17-22(20-15-33-34-16-20)28(36-30)23-18-39-10-6-8-19-7-5-9-21(23)29(19)39/h5,7,9,13-18H,6,8,10-12,31H2,1-4H3,(H,33,34)(H,32,35,36). The molecular formula is C30H35N9O. The van der Waals surface area contributed by atoms with Gasteiger partial charge in [0.05, 0.1) is 41.6 Å². The third-order valence-electron chi connectivity index (χ3n) is 7.57. The Morgan fingerprint density at radius 3 is 2.77 bits per heavy atom. The van der Waals surface area contributed by atoms with Crippen LogP contribution in [-0.4, -0.2) is 71.0 Å². The Labute approximate surface area is 233 Å². The summed E-state index contributed by atoms with van der Waals surface area (Å²) in [5.74, 6) is 1.12. The Balaban J connectivity index is 1.41. The van der Waals surface area contributed by atoms with E-state index >= 15 is 0 Å². The van der Waals surface area contributed by atoms with E-state index in [1.807, 2.05) is 31.6 Å². The molecule has 0 saturated heterocycles. The first kappa shape index (κ1) is 25.7. The van der Waals surface area contributed by atoms with Gasteiger partial charge in [-0.25, -0.2) is 9.97 Å². The molecule has 40 heavy (non-hydrogen) atoms. The van der Waals surface area contributed by atoms with Gasteiger partial charge in [-0.05, 0) is 38.6 Å². The fourth-order valence-electron chi connectivity index (χ4n) is 5.48. The van der Waals surface area contributed by atoms with Crippen molar-refractivity contribution in [3.63, 3.8) is 0 Å². The van der Waals surface area contributed by atoms with Crippen molar-refractivity contribution in [2.45, 2.75) is 19.4 Å². The first-order valence-electron chi connectivity index (χ1n) is 13.5. The molecule has 0 radical (unpaired) electrons. The molecule has 0 atom stereocenters. The number of nitrogens with two attached hydrogens (primary N) is 1. The van der Waals surface area contributed by atoms with Crippen LogP contribution in [0.5, 0.6) is 5.75 Å². The number of benzene rings is 2. The van der Waals surface area contributed by atoms with Crippen LogP contribution in [0.4, 0.5) is 23.0 Å². The quantitative estimate of drug-likeness (QED) is 0.231. The molecule has 0 saturated carbocycles. The van der Waals surface area contributed by atoms with Gasteiger partial charge in [0.25, 0.3) is 0 Å². The van der Waals surface area contributed by atoms with E-state index in [1.165, 1.54) is 16.5 Å². The molecule has 0 fully saturated rings. The predicted molar refractivity (Wildman–Crippen MR) is 161 cm³/mol. The molecule has 206 valence electrons. The van der Waals surface area contributed by atoms with Crippen LogP contribution in [-0.2, 0) is 13.0 Å². The Bertz CT molecular complexity index is 1660. The number of nitrogens with one attached hydrogen (secondary N) is 2. The molecule has 2 aromatic carbocycles. The first-order valence-corrected chi connectivity index (χ1v) is 13.5. The van der Waals surface area contributed by atoms with Gasteiger partial charge < -0.3 is 30.2 Å². The summed E-state index contributed by atoms with van der Waals surface area (Å²) in [6.45, 7) is 2.75. The van der Waals surface area contributed by atoms with Crippen molar-refractivity contribution in [1.29, 1.82) is 0 Å². The van der Waals surface area contributed by atoms with Crippen molar-refractivity contribution >= 4 is 33.9 Å².